The zero-order valence-electron chi connectivity index (χ0n) is 8.59. The number of anilines is 1. The summed E-state index contributed by atoms with van der Waals surface area (Å²) in [5.74, 6) is 0.0139. The molecule has 1 aromatic heterocycles. The Balaban J connectivity index is 3.39. The number of hydrogen-bond acceptors (Lipinski definition) is 6. The largest absolute Gasteiger partial charge is 0.367 e. The van der Waals surface area contributed by atoms with Gasteiger partial charge in [-0.05, 0) is 7.05 Å². The molecule has 88 valence electrons. The lowest BCUT2D eigenvalue weighted by Crippen LogP contribution is -2.19. The van der Waals surface area contributed by atoms with Crippen LogP contribution < -0.4 is 10.0 Å². The molecule has 2 N–H and O–H groups in total. The molecule has 1 aromatic rings. The quantitative estimate of drug-likeness (QED) is 0.568. The van der Waals surface area contributed by atoms with Crippen LogP contribution in [0.1, 0.15) is 0 Å². The fourth-order valence-electron chi connectivity index (χ4n) is 1.03. The van der Waals surface area contributed by atoms with Gasteiger partial charge in [-0.1, -0.05) is 0 Å². The summed E-state index contributed by atoms with van der Waals surface area (Å²) in [6, 6.07) is 0.949. The van der Waals surface area contributed by atoms with Gasteiger partial charge in [0.1, 0.15) is 4.90 Å². The maximum Gasteiger partial charge on any atom is 0.312 e. The summed E-state index contributed by atoms with van der Waals surface area (Å²) in [6.45, 7) is 0. The standard InChI is InChI=1S/C7H10N4O4S/c1-8-7-6(11(12)13)3-5(4-10-7)16(14,15)9-2/h3-4,9H,1-2H3,(H,8,10). The molecule has 0 aliphatic carbocycles. The fraction of sp³-hybridized carbons (Fsp3) is 0.286. The van der Waals surface area contributed by atoms with Crippen molar-refractivity contribution in [3.05, 3.63) is 22.4 Å². The Morgan fingerprint density at radius 3 is 2.50 bits per heavy atom. The van der Waals surface area contributed by atoms with Crippen molar-refractivity contribution >= 4 is 21.5 Å². The van der Waals surface area contributed by atoms with Crippen molar-refractivity contribution < 1.29 is 13.3 Å². The normalized spacial score (nSPS) is 11.1. The molecule has 1 heterocycles. The molecule has 0 unspecified atom stereocenters. The van der Waals surface area contributed by atoms with Crippen molar-refractivity contribution in [1.82, 2.24) is 9.71 Å². The molecule has 0 saturated carbocycles. The molecule has 9 heteroatoms. The van der Waals surface area contributed by atoms with Crippen molar-refractivity contribution in [3.63, 3.8) is 0 Å². The molecule has 0 aliphatic rings. The van der Waals surface area contributed by atoms with Crippen molar-refractivity contribution in [2.75, 3.05) is 19.4 Å². The highest BCUT2D eigenvalue weighted by atomic mass is 32.2. The number of nitrogens with one attached hydrogen (secondary N) is 2. The lowest BCUT2D eigenvalue weighted by molar-refractivity contribution is -0.384. The van der Waals surface area contributed by atoms with E-state index >= 15 is 0 Å². The van der Waals surface area contributed by atoms with Crippen molar-refractivity contribution in [2.45, 2.75) is 4.90 Å². The summed E-state index contributed by atoms with van der Waals surface area (Å²) in [6.07, 6.45) is 1.05. The van der Waals surface area contributed by atoms with E-state index in [1.54, 1.807) is 0 Å². The molecule has 0 aliphatic heterocycles. The molecule has 0 saturated heterocycles. The second-order valence-electron chi connectivity index (χ2n) is 2.75. The van der Waals surface area contributed by atoms with Crippen molar-refractivity contribution in [2.24, 2.45) is 0 Å². The summed E-state index contributed by atoms with van der Waals surface area (Å²) < 4.78 is 24.8. The summed E-state index contributed by atoms with van der Waals surface area (Å²) in [5, 5.41) is 13.2. The molecule has 0 bridgehead atoms. The Labute approximate surface area is 91.9 Å². The van der Waals surface area contributed by atoms with E-state index in [0.717, 1.165) is 12.3 Å². The van der Waals surface area contributed by atoms with Gasteiger partial charge in [0, 0.05) is 19.3 Å². The zero-order valence-corrected chi connectivity index (χ0v) is 9.41. The second-order valence-corrected chi connectivity index (χ2v) is 4.64. The Morgan fingerprint density at radius 1 is 1.44 bits per heavy atom. The average molecular weight is 246 g/mol. The topological polar surface area (TPSA) is 114 Å². The van der Waals surface area contributed by atoms with Gasteiger partial charge in [-0.25, -0.2) is 18.1 Å². The zero-order chi connectivity index (χ0) is 12.3. The third-order valence-electron chi connectivity index (χ3n) is 1.86. The first kappa shape index (κ1) is 12.3. The number of nitrogens with zero attached hydrogens (tertiary/aromatic N) is 2. The van der Waals surface area contributed by atoms with E-state index in [1.807, 2.05) is 0 Å². The van der Waals surface area contributed by atoms with Crippen LogP contribution in [0.25, 0.3) is 0 Å². The molecule has 0 spiro atoms. The van der Waals surface area contributed by atoms with Gasteiger partial charge in [0.2, 0.25) is 15.8 Å². The van der Waals surface area contributed by atoms with Gasteiger partial charge in [-0.2, -0.15) is 0 Å². The second kappa shape index (κ2) is 4.41. The third-order valence-corrected chi connectivity index (χ3v) is 3.24. The van der Waals surface area contributed by atoms with Crippen LogP contribution in [-0.4, -0.2) is 32.4 Å². The van der Waals surface area contributed by atoms with Gasteiger partial charge in [-0.15, -0.1) is 0 Å². The molecule has 0 radical (unpaired) electrons. The van der Waals surface area contributed by atoms with Crippen LogP contribution in [0.15, 0.2) is 17.2 Å². The molecule has 0 fully saturated rings. The minimum absolute atomic E-state index is 0.0139. The first-order chi connectivity index (χ1) is 7.42. The minimum Gasteiger partial charge on any atom is -0.367 e. The molecule has 0 aromatic carbocycles. The molecular weight excluding hydrogens is 236 g/mol. The number of aromatic nitrogens is 1. The van der Waals surface area contributed by atoms with Crippen LogP contribution in [0.2, 0.25) is 0 Å². The van der Waals surface area contributed by atoms with Gasteiger partial charge >= 0.3 is 5.69 Å². The van der Waals surface area contributed by atoms with E-state index in [1.165, 1.54) is 14.1 Å². The minimum atomic E-state index is -3.72. The fourth-order valence-corrected chi connectivity index (χ4v) is 1.73. The average Bonchev–Trinajstić information content (AvgIpc) is 2.28. The maximum atomic E-state index is 11.4. The van der Waals surface area contributed by atoms with E-state index in [-0.39, 0.29) is 16.4 Å². The van der Waals surface area contributed by atoms with Crippen LogP contribution >= 0.6 is 0 Å². The van der Waals surface area contributed by atoms with E-state index in [9.17, 15) is 18.5 Å². The Morgan fingerprint density at radius 2 is 2.06 bits per heavy atom. The monoisotopic (exact) mass is 246 g/mol. The number of hydrogen-bond donors (Lipinski definition) is 2. The highest BCUT2D eigenvalue weighted by Gasteiger charge is 2.20. The first-order valence-electron chi connectivity index (χ1n) is 4.18. The molecular formula is C7H10N4O4S. The summed E-state index contributed by atoms with van der Waals surface area (Å²) in [4.78, 5) is 13.4. The Hall–Kier alpha value is -1.74. The lowest BCUT2D eigenvalue weighted by atomic mass is 10.4. The van der Waals surface area contributed by atoms with Gasteiger partial charge in [0.25, 0.3) is 0 Å². The molecule has 0 amide bonds. The molecule has 8 nitrogen and oxygen atoms in total. The molecule has 16 heavy (non-hydrogen) atoms. The van der Waals surface area contributed by atoms with Crippen molar-refractivity contribution in [3.8, 4) is 0 Å². The predicted molar refractivity (Wildman–Crippen MR) is 56.7 cm³/mol. The van der Waals surface area contributed by atoms with Gasteiger partial charge < -0.3 is 5.32 Å². The number of sulfonamides is 1. The number of nitro groups is 1. The number of pyridine rings is 1. The van der Waals surface area contributed by atoms with Crippen LogP contribution in [0.4, 0.5) is 11.5 Å². The lowest BCUT2D eigenvalue weighted by Gasteiger charge is -2.04. The Kier molecular flexibility index (Phi) is 3.40. The van der Waals surface area contributed by atoms with Gasteiger partial charge in [0.05, 0.1) is 4.92 Å². The van der Waals surface area contributed by atoms with Crippen LogP contribution in [0, 0.1) is 10.1 Å². The van der Waals surface area contributed by atoms with Crippen LogP contribution in [-0.2, 0) is 10.0 Å². The summed E-state index contributed by atoms with van der Waals surface area (Å²) >= 11 is 0. The smallest absolute Gasteiger partial charge is 0.312 e. The van der Waals surface area contributed by atoms with Crippen molar-refractivity contribution in [1.29, 1.82) is 0 Å². The third kappa shape index (κ3) is 2.25. The summed E-state index contributed by atoms with van der Waals surface area (Å²) in [7, 11) is -1.05. The van der Waals surface area contributed by atoms with E-state index in [4.69, 9.17) is 0 Å². The van der Waals surface area contributed by atoms with Gasteiger partial charge in [0.15, 0.2) is 0 Å². The van der Waals surface area contributed by atoms with Gasteiger partial charge in [-0.3, -0.25) is 10.1 Å². The predicted octanol–water partition coefficient (Wildman–Crippen LogP) is -0.0604. The highest BCUT2D eigenvalue weighted by Crippen LogP contribution is 2.23. The number of rotatable bonds is 4. The Bertz CT molecular complexity index is 513. The maximum absolute atomic E-state index is 11.4. The van der Waals surface area contributed by atoms with Crippen LogP contribution in [0.5, 0.6) is 0 Å². The SMILES string of the molecule is CNc1ncc(S(=O)(=O)NC)cc1[N+](=O)[O-]. The molecule has 1 rings (SSSR count). The van der Waals surface area contributed by atoms with E-state index in [0.29, 0.717) is 0 Å². The van der Waals surface area contributed by atoms with E-state index in [2.05, 4.69) is 15.0 Å². The van der Waals surface area contributed by atoms with E-state index < -0.39 is 14.9 Å². The first-order valence-corrected chi connectivity index (χ1v) is 5.66. The van der Waals surface area contributed by atoms with Crippen LogP contribution in [0.3, 0.4) is 0 Å². The molecule has 0 atom stereocenters. The summed E-state index contributed by atoms with van der Waals surface area (Å²) in [5.41, 5.74) is -0.390. The highest BCUT2D eigenvalue weighted by molar-refractivity contribution is 7.89.